The van der Waals surface area contributed by atoms with E-state index in [0.29, 0.717) is 23.7 Å². The third kappa shape index (κ3) is 1.20. The number of benzene rings is 1. The normalized spacial score (nSPS) is 59.6. The molecule has 2 bridgehead atoms. The van der Waals surface area contributed by atoms with Crippen molar-refractivity contribution in [3.05, 3.63) is 35.9 Å². The van der Waals surface area contributed by atoms with Crippen LogP contribution in [0.3, 0.4) is 0 Å². The quantitative estimate of drug-likeness (QED) is 0.841. The van der Waals surface area contributed by atoms with Crippen molar-refractivity contribution in [1.82, 2.24) is 0 Å². The van der Waals surface area contributed by atoms with Crippen LogP contribution in [0.25, 0.3) is 0 Å². The van der Waals surface area contributed by atoms with Crippen molar-refractivity contribution in [2.75, 3.05) is 0 Å². The Kier molecular flexibility index (Phi) is 1.95. The van der Waals surface area contributed by atoms with Gasteiger partial charge >= 0.3 is 0 Å². The van der Waals surface area contributed by atoms with E-state index in [-0.39, 0.29) is 6.29 Å². The summed E-state index contributed by atoms with van der Waals surface area (Å²) >= 11 is 0. The van der Waals surface area contributed by atoms with E-state index in [1.807, 2.05) is 6.07 Å². The fraction of sp³-hybridized carbons (Fsp3) is 0.667. The van der Waals surface area contributed by atoms with Crippen LogP contribution in [0.2, 0.25) is 0 Å². The van der Waals surface area contributed by atoms with Crippen LogP contribution in [0.1, 0.15) is 25.8 Å². The summed E-state index contributed by atoms with van der Waals surface area (Å²) in [5, 5.41) is 0. The van der Waals surface area contributed by atoms with Crippen LogP contribution in [0.5, 0.6) is 0 Å². The molecule has 116 valence electrons. The van der Waals surface area contributed by atoms with E-state index in [2.05, 4.69) is 38.1 Å². The minimum absolute atomic E-state index is 0.176. The zero-order valence-corrected chi connectivity index (χ0v) is 12.8. The van der Waals surface area contributed by atoms with Gasteiger partial charge in [0.25, 0.3) is 0 Å². The molecule has 5 fully saturated rings. The number of hydrogen-bond acceptors (Lipinski definition) is 4. The summed E-state index contributed by atoms with van der Waals surface area (Å²) in [4.78, 5) is 0. The maximum atomic E-state index is 6.53. The smallest absolute Gasteiger partial charge is 0.182 e. The Labute approximate surface area is 129 Å². The first-order chi connectivity index (χ1) is 10.5. The van der Waals surface area contributed by atoms with E-state index in [0.717, 1.165) is 12.8 Å². The average molecular weight is 300 g/mol. The molecule has 4 heteroatoms. The number of ether oxygens (including phenoxy) is 4. The summed E-state index contributed by atoms with van der Waals surface area (Å²) in [6, 6.07) is 10.5. The Balaban J connectivity index is 1.48. The van der Waals surface area contributed by atoms with Crippen molar-refractivity contribution in [2.24, 2.45) is 23.7 Å². The van der Waals surface area contributed by atoms with Crippen LogP contribution in [-0.4, -0.2) is 23.7 Å². The Morgan fingerprint density at radius 2 is 1.82 bits per heavy atom. The molecule has 0 spiro atoms. The molecule has 0 radical (unpaired) electrons. The highest BCUT2D eigenvalue weighted by molar-refractivity contribution is 5.24. The van der Waals surface area contributed by atoms with E-state index in [4.69, 9.17) is 18.9 Å². The molecule has 4 saturated heterocycles. The summed E-state index contributed by atoms with van der Waals surface area (Å²) in [5.74, 6) is -0.00375. The molecule has 5 aliphatic rings. The molecule has 1 aromatic rings. The molecule has 0 aromatic heterocycles. The first-order valence-corrected chi connectivity index (χ1v) is 8.33. The Hall–Kier alpha value is -0.940. The standard InChI is InChI=1S/C18H20O4/c1-16-13-11-8-12-14(13)17(2,21-16)22-18(12,20-15(11)19-16)9-10-6-4-3-5-7-10/h3-7,11-15H,8-9H2,1-2H3/t11-,12+,13-,14-,15+,16+,17+,18-/m1/s1. The zero-order valence-electron chi connectivity index (χ0n) is 12.8. The van der Waals surface area contributed by atoms with Crippen LogP contribution >= 0.6 is 0 Å². The van der Waals surface area contributed by atoms with Gasteiger partial charge in [-0.3, -0.25) is 0 Å². The van der Waals surface area contributed by atoms with Gasteiger partial charge in [-0.1, -0.05) is 30.3 Å². The van der Waals surface area contributed by atoms with Gasteiger partial charge in [-0.2, -0.15) is 0 Å². The van der Waals surface area contributed by atoms with Gasteiger partial charge in [0.05, 0.1) is 0 Å². The molecule has 1 aromatic carbocycles. The minimum Gasteiger partial charge on any atom is -0.321 e. The van der Waals surface area contributed by atoms with Crippen molar-refractivity contribution < 1.29 is 18.9 Å². The van der Waals surface area contributed by atoms with Gasteiger partial charge in [0.1, 0.15) is 0 Å². The highest BCUT2D eigenvalue weighted by Gasteiger charge is 2.83. The van der Waals surface area contributed by atoms with Crippen molar-refractivity contribution in [1.29, 1.82) is 0 Å². The summed E-state index contributed by atoms with van der Waals surface area (Å²) in [7, 11) is 0. The van der Waals surface area contributed by atoms with Crippen LogP contribution in [0.4, 0.5) is 0 Å². The van der Waals surface area contributed by atoms with Gasteiger partial charge in [0, 0.05) is 30.1 Å². The molecule has 0 amide bonds. The predicted octanol–water partition coefficient (Wildman–Crippen LogP) is 2.67. The topological polar surface area (TPSA) is 36.9 Å². The Morgan fingerprint density at radius 1 is 1.00 bits per heavy atom. The van der Waals surface area contributed by atoms with Crippen LogP contribution in [0.15, 0.2) is 30.3 Å². The lowest BCUT2D eigenvalue weighted by molar-refractivity contribution is -0.438. The first kappa shape index (κ1) is 12.5. The summed E-state index contributed by atoms with van der Waals surface area (Å²) in [5.41, 5.74) is 1.25. The van der Waals surface area contributed by atoms with Gasteiger partial charge in [-0.15, -0.1) is 0 Å². The molecule has 1 aliphatic carbocycles. The minimum atomic E-state index is -0.585. The number of hydrogen-bond donors (Lipinski definition) is 0. The van der Waals surface area contributed by atoms with Crippen LogP contribution in [0, 0.1) is 23.7 Å². The average Bonchev–Trinajstić information content (AvgIpc) is 3.08. The van der Waals surface area contributed by atoms with Crippen molar-refractivity contribution in [2.45, 2.75) is 50.3 Å². The van der Waals surface area contributed by atoms with Crippen molar-refractivity contribution in [3.8, 4) is 0 Å². The lowest BCUT2D eigenvalue weighted by Crippen LogP contribution is -2.52. The molecule has 8 atom stereocenters. The second-order valence-electron chi connectivity index (χ2n) is 7.87. The van der Waals surface area contributed by atoms with Gasteiger partial charge < -0.3 is 18.9 Å². The molecule has 22 heavy (non-hydrogen) atoms. The predicted molar refractivity (Wildman–Crippen MR) is 76.4 cm³/mol. The lowest BCUT2D eigenvalue weighted by Gasteiger charge is -2.44. The third-order valence-corrected chi connectivity index (χ3v) is 6.67. The lowest BCUT2D eigenvalue weighted by atomic mass is 9.80. The molecule has 0 unspecified atom stereocenters. The molecule has 0 N–H and O–H groups in total. The van der Waals surface area contributed by atoms with E-state index in [9.17, 15) is 0 Å². The largest absolute Gasteiger partial charge is 0.321 e. The fourth-order valence-electron chi connectivity index (χ4n) is 6.22. The van der Waals surface area contributed by atoms with Gasteiger partial charge in [-0.25, -0.2) is 0 Å². The monoisotopic (exact) mass is 300 g/mol. The van der Waals surface area contributed by atoms with Gasteiger partial charge in [-0.05, 0) is 25.8 Å². The van der Waals surface area contributed by atoms with E-state index < -0.39 is 17.4 Å². The maximum absolute atomic E-state index is 6.53. The Morgan fingerprint density at radius 3 is 2.64 bits per heavy atom. The molecular weight excluding hydrogens is 280 g/mol. The maximum Gasteiger partial charge on any atom is 0.182 e. The summed E-state index contributed by atoms with van der Waals surface area (Å²) in [6.45, 7) is 4.14. The van der Waals surface area contributed by atoms with Gasteiger partial charge in [0.15, 0.2) is 23.7 Å². The molecule has 4 nitrogen and oxygen atoms in total. The van der Waals surface area contributed by atoms with Crippen molar-refractivity contribution in [3.63, 3.8) is 0 Å². The first-order valence-electron chi connectivity index (χ1n) is 8.33. The van der Waals surface area contributed by atoms with Crippen LogP contribution in [-0.2, 0) is 25.4 Å². The summed E-state index contributed by atoms with van der Waals surface area (Å²) in [6.07, 6.45) is 1.73. The van der Waals surface area contributed by atoms with E-state index in [1.54, 1.807) is 0 Å². The third-order valence-electron chi connectivity index (χ3n) is 6.67. The molecular formula is C18H20O4. The highest BCUT2D eigenvalue weighted by atomic mass is 16.9. The van der Waals surface area contributed by atoms with E-state index in [1.165, 1.54) is 5.56 Å². The summed E-state index contributed by atoms with van der Waals surface area (Å²) < 4.78 is 25.5. The molecule has 1 saturated carbocycles. The highest BCUT2D eigenvalue weighted by Crippen LogP contribution is 2.75. The second-order valence-corrected chi connectivity index (χ2v) is 7.87. The molecule has 4 heterocycles. The molecule has 6 rings (SSSR count). The van der Waals surface area contributed by atoms with E-state index >= 15 is 0 Å². The second kappa shape index (κ2) is 3.44. The Bertz CT molecular complexity index is 662. The zero-order chi connectivity index (χ0) is 14.7. The number of rotatable bonds is 2. The van der Waals surface area contributed by atoms with Crippen molar-refractivity contribution >= 4 is 0 Å². The van der Waals surface area contributed by atoms with Gasteiger partial charge in [0.2, 0.25) is 0 Å². The van der Waals surface area contributed by atoms with Crippen LogP contribution < -0.4 is 0 Å². The molecule has 4 aliphatic heterocycles. The fourth-order valence-corrected chi connectivity index (χ4v) is 6.22. The SMILES string of the molecule is C[C@]12O[C@H]3O[C@]4(Cc5ccccc5)O[C@](C)(O1)[C@H]1[C@H]2[C@H]3C[C@@H]14.